The summed E-state index contributed by atoms with van der Waals surface area (Å²) in [7, 11) is -1.75. The van der Waals surface area contributed by atoms with Gasteiger partial charge in [-0.25, -0.2) is 0 Å². The second-order valence-electron chi connectivity index (χ2n) is 7.79. The van der Waals surface area contributed by atoms with E-state index in [4.69, 9.17) is 10.1 Å². The summed E-state index contributed by atoms with van der Waals surface area (Å²) in [5.41, 5.74) is 2.38. The minimum atomic E-state index is -1.75. The Kier molecular flexibility index (Phi) is 6.66. The van der Waals surface area contributed by atoms with E-state index in [0.29, 0.717) is 14.5 Å². The van der Waals surface area contributed by atoms with Gasteiger partial charge >= 0.3 is 136 Å². The van der Waals surface area contributed by atoms with Crippen LogP contribution in [0.15, 0.2) is 60.5 Å². The normalized spacial score (nSPS) is 13.8. The van der Waals surface area contributed by atoms with Crippen LogP contribution in [0.25, 0.3) is 30.6 Å². The average Bonchev–Trinajstić information content (AvgIpc) is 3.02. The number of allylic oxidation sites excluding steroid dienone is 2. The zero-order chi connectivity index (χ0) is 20.8. The first-order valence-corrected chi connectivity index (χ1v) is 14.2. The van der Waals surface area contributed by atoms with Gasteiger partial charge in [0.05, 0.1) is 5.76 Å². The van der Waals surface area contributed by atoms with E-state index in [0.717, 1.165) is 5.69 Å². The first kappa shape index (κ1) is 22.9. The van der Waals surface area contributed by atoms with Gasteiger partial charge in [-0.15, -0.1) is 0 Å². The van der Waals surface area contributed by atoms with E-state index >= 15 is 0 Å². The third kappa shape index (κ3) is 3.91. The first-order chi connectivity index (χ1) is 13.8. The van der Waals surface area contributed by atoms with Crippen LogP contribution in [-0.2, 0) is 24.9 Å². The van der Waals surface area contributed by atoms with E-state index in [1.807, 2.05) is 6.20 Å². The van der Waals surface area contributed by atoms with Crippen LogP contribution < -0.4 is 10.4 Å². The smallest absolute Gasteiger partial charge is 0 e. The fourth-order valence-electron chi connectivity index (χ4n) is 4.06. The van der Waals surface area contributed by atoms with E-state index in [2.05, 4.69) is 61.6 Å². The summed E-state index contributed by atoms with van der Waals surface area (Å²) in [6.07, 6.45) is 3.09. The molecular weight excluding hydrogens is 634 g/mol. The number of fused-ring (bicyclic) bond motifs is 2. The van der Waals surface area contributed by atoms with Gasteiger partial charge in [0.15, 0.2) is 5.78 Å². The summed E-state index contributed by atoms with van der Waals surface area (Å²) in [4.78, 5) is 14.8. The Hall–Kier alpha value is -1.81. The van der Waals surface area contributed by atoms with Gasteiger partial charge < -0.3 is 5.11 Å². The van der Waals surface area contributed by atoms with Crippen molar-refractivity contribution in [3.63, 3.8) is 0 Å². The number of benzene rings is 2. The van der Waals surface area contributed by atoms with Gasteiger partial charge in [-0.3, -0.25) is 4.79 Å². The molecule has 5 rings (SSSR count). The van der Waals surface area contributed by atoms with Crippen molar-refractivity contribution in [2.75, 3.05) is 0 Å². The molecule has 1 N–H and O–H groups in total. The monoisotopic (exact) mass is 657 g/mol. The second-order valence-corrected chi connectivity index (χ2v) is 14.4. The second kappa shape index (κ2) is 8.74. The third-order valence-corrected chi connectivity index (χ3v) is 11.1. The van der Waals surface area contributed by atoms with Crippen molar-refractivity contribution in [3.05, 3.63) is 66.6 Å². The molecular formula is C24H22IrNO2SeSi-. The van der Waals surface area contributed by atoms with Crippen molar-refractivity contribution in [1.29, 1.82) is 0 Å². The van der Waals surface area contributed by atoms with Crippen molar-refractivity contribution in [3.8, 4) is 11.3 Å². The van der Waals surface area contributed by atoms with Gasteiger partial charge in [-0.2, -0.15) is 0 Å². The van der Waals surface area contributed by atoms with Crippen LogP contribution in [-0.4, -0.2) is 38.5 Å². The van der Waals surface area contributed by atoms with Crippen molar-refractivity contribution >= 4 is 58.0 Å². The van der Waals surface area contributed by atoms with Crippen molar-refractivity contribution in [2.45, 2.75) is 26.9 Å². The predicted octanol–water partition coefficient (Wildman–Crippen LogP) is 4.08. The van der Waals surface area contributed by atoms with Gasteiger partial charge in [0, 0.05) is 26.2 Å². The molecule has 155 valence electrons. The Morgan fingerprint density at radius 2 is 1.77 bits per heavy atom. The Morgan fingerprint density at radius 1 is 1.07 bits per heavy atom. The maximum Gasteiger partial charge on any atom is 0 e. The van der Waals surface area contributed by atoms with Gasteiger partial charge in [0.25, 0.3) is 0 Å². The Bertz CT molecular complexity index is 1290. The molecule has 1 radical (unpaired) electrons. The predicted molar refractivity (Wildman–Crippen MR) is 124 cm³/mol. The maximum atomic E-state index is 10.0. The molecule has 0 spiro atoms. The van der Waals surface area contributed by atoms with E-state index in [-0.39, 0.29) is 31.6 Å². The molecule has 30 heavy (non-hydrogen) atoms. The molecule has 0 saturated heterocycles. The van der Waals surface area contributed by atoms with Crippen LogP contribution in [0.1, 0.15) is 13.8 Å². The van der Waals surface area contributed by atoms with Crippen molar-refractivity contribution in [2.24, 2.45) is 0 Å². The molecule has 3 nitrogen and oxygen atoms in total. The standard InChI is InChI=1S/C19H14NSeSi.C5H8O2.Ir/c1-22(2)15-9-4-8-14-18(15)17-12(6-3-7-13(17)21-14)19-16(22)10-5-11-20-19;1-4(6)3-5(2)7;/h3-5,7-11H,1-2H3;3,6H,1-2H3;/q-1;;/b;4-3-;. The molecule has 4 aromatic rings. The van der Waals surface area contributed by atoms with Crippen LogP contribution in [0.5, 0.6) is 0 Å². The number of pyridine rings is 1. The molecule has 0 saturated carbocycles. The number of hydrogen-bond donors (Lipinski definition) is 1. The molecule has 1 aliphatic rings. The van der Waals surface area contributed by atoms with Crippen molar-refractivity contribution < 1.29 is 30.0 Å². The summed E-state index contributed by atoms with van der Waals surface area (Å²) >= 11 is 0.418. The molecule has 0 unspecified atom stereocenters. The van der Waals surface area contributed by atoms with Gasteiger partial charge in [0.1, 0.15) is 0 Å². The molecule has 6 heteroatoms. The van der Waals surface area contributed by atoms with Crippen LogP contribution in [0.3, 0.4) is 0 Å². The number of carbonyl (C=O) groups excluding carboxylic acids is 1. The number of ketones is 1. The molecule has 1 aliphatic heterocycles. The maximum absolute atomic E-state index is 10.0. The number of rotatable bonds is 1. The average molecular weight is 656 g/mol. The minimum Gasteiger partial charge on any atom is 0 e. The van der Waals surface area contributed by atoms with Crippen LogP contribution in [0.2, 0.25) is 13.1 Å². The van der Waals surface area contributed by atoms with E-state index in [9.17, 15) is 4.79 Å². The molecule has 0 bridgehead atoms. The van der Waals surface area contributed by atoms with Crippen LogP contribution in [0.4, 0.5) is 0 Å². The molecule has 0 fully saturated rings. The SMILES string of the molecule is CC(=O)/C=C(/C)O.C[Si]1(C)c2cccnc2-c2[c-]ccc3[se]c4cccc1c4c23.[Ir]. The molecule has 0 aliphatic carbocycles. The first-order valence-electron chi connectivity index (χ1n) is 9.51. The number of hydrogen-bond acceptors (Lipinski definition) is 3. The number of carbonyl (C=O) groups is 1. The molecule has 2 aromatic heterocycles. The number of nitrogens with zero attached hydrogens (tertiary/aromatic N) is 1. The molecule has 2 aromatic carbocycles. The fraction of sp³-hybridized carbons (Fsp3) is 0.167. The largest absolute Gasteiger partial charge is 0 e. The van der Waals surface area contributed by atoms with Crippen LogP contribution in [0, 0.1) is 6.07 Å². The summed E-state index contributed by atoms with van der Waals surface area (Å²) in [6, 6.07) is 19.1. The molecule has 0 amide bonds. The number of aliphatic hydroxyl groups is 1. The summed E-state index contributed by atoms with van der Waals surface area (Å²) < 4.78 is 3.03. The van der Waals surface area contributed by atoms with Gasteiger partial charge in [-0.05, 0) is 13.8 Å². The Labute approximate surface area is 197 Å². The van der Waals surface area contributed by atoms with E-state index < -0.39 is 8.07 Å². The Balaban J connectivity index is 0.000000281. The van der Waals surface area contributed by atoms with E-state index in [1.165, 1.54) is 50.0 Å². The summed E-state index contributed by atoms with van der Waals surface area (Å²) in [6.45, 7) is 7.76. The van der Waals surface area contributed by atoms with Crippen LogP contribution >= 0.6 is 0 Å². The fourth-order valence-corrected chi connectivity index (χ4v) is 9.64. The zero-order valence-corrected chi connectivity index (χ0v) is 22.3. The summed E-state index contributed by atoms with van der Waals surface area (Å²) in [5, 5.41) is 14.3. The Morgan fingerprint density at radius 3 is 2.43 bits per heavy atom. The van der Waals surface area contributed by atoms with Gasteiger partial charge in [-0.1, -0.05) is 0 Å². The number of aliphatic hydroxyl groups excluding tert-OH is 1. The zero-order valence-electron chi connectivity index (χ0n) is 17.2. The van der Waals surface area contributed by atoms with Crippen molar-refractivity contribution in [1.82, 2.24) is 4.98 Å². The minimum absolute atomic E-state index is 0. The third-order valence-electron chi connectivity index (χ3n) is 5.26. The molecule has 3 heterocycles. The quantitative estimate of drug-likeness (QED) is 0.146. The summed E-state index contributed by atoms with van der Waals surface area (Å²) in [5.74, 6) is -0.0625. The topological polar surface area (TPSA) is 50.2 Å². The molecule has 0 atom stereocenters. The van der Waals surface area contributed by atoms with Gasteiger partial charge in [0.2, 0.25) is 0 Å². The van der Waals surface area contributed by atoms with E-state index in [1.54, 1.807) is 5.19 Å². The number of aromatic nitrogens is 1.